The van der Waals surface area contributed by atoms with Crippen molar-refractivity contribution in [3.63, 3.8) is 0 Å². The van der Waals surface area contributed by atoms with Crippen molar-refractivity contribution >= 4 is 110 Å². The summed E-state index contributed by atoms with van der Waals surface area (Å²) in [6, 6.07) is 0. The normalized spacial score (nSPS) is 3.65. The molecule has 0 atom stereocenters. The summed E-state index contributed by atoms with van der Waals surface area (Å²) in [6.07, 6.45) is 0. The molecule has 0 amide bonds. The van der Waals surface area contributed by atoms with Crippen LogP contribution in [-0.2, 0) is 80.9 Å². The fraction of sp³-hybridized carbons (Fsp3) is 0. The van der Waals surface area contributed by atoms with E-state index in [2.05, 4.69) is 0 Å². The maximum absolute atomic E-state index is 8.53. The predicted molar refractivity (Wildman–Crippen MR) is 54.8 cm³/mol. The van der Waals surface area contributed by atoms with Crippen molar-refractivity contribution in [1.82, 2.24) is 0 Å². The maximum atomic E-state index is 8.53. The van der Waals surface area contributed by atoms with Crippen LogP contribution in [0.25, 0.3) is 0 Å². The molecule has 0 aliphatic carbocycles. The van der Waals surface area contributed by atoms with Crippen molar-refractivity contribution in [2.45, 2.75) is 0 Å². The van der Waals surface area contributed by atoms with E-state index >= 15 is 0 Å². The minimum absolute atomic E-state index is 0. The third kappa shape index (κ3) is 1630. The molecule has 0 aromatic rings. The molecular formula is H7Ge7O14TiY. The second-order valence-corrected chi connectivity index (χ2v) is 3.50. The van der Waals surface area contributed by atoms with Gasteiger partial charge in [0.25, 0.3) is 0 Å². The summed E-state index contributed by atoms with van der Waals surface area (Å²) in [4.78, 5) is 0. The summed E-state index contributed by atoms with van der Waals surface area (Å²) in [5, 5.41) is 0. The van der Waals surface area contributed by atoms with Crippen LogP contribution >= 0.6 is 0 Å². The summed E-state index contributed by atoms with van der Waals surface area (Å²) in [7, 11) is 0. The van der Waals surface area contributed by atoms with Crippen LogP contribution in [0, 0.1) is 0 Å². The van der Waals surface area contributed by atoms with Crippen molar-refractivity contribution in [3.8, 4) is 0 Å². The molecule has 0 saturated heterocycles. The van der Waals surface area contributed by atoms with E-state index in [4.69, 9.17) is 55.4 Å². The molecule has 23 heavy (non-hydrogen) atoms. The van der Waals surface area contributed by atoms with E-state index in [9.17, 15) is 0 Å². The van der Waals surface area contributed by atoms with E-state index in [1.807, 2.05) is 0 Å². The first-order valence-electron chi connectivity index (χ1n) is 3.30. The average molecular weight is 876 g/mol. The molecule has 0 N–H and O–H groups in total. The molecule has 0 bridgehead atoms. The fourth-order valence-corrected chi connectivity index (χ4v) is 0. The zero-order valence-corrected chi connectivity index (χ0v) is 32.2. The van der Waals surface area contributed by atoms with Gasteiger partial charge in [0.1, 0.15) is 0 Å². The first kappa shape index (κ1) is 56.2. The van der Waals surface area contributed by atoms with Gasteiger partial charge in [0, 0.05) is 0 Å². The Balaban J connectivity index is -0.0000000140. The van der Waals surface area contributed by atoms with Gasteiger partial charge in [0.2, 0.25) is 0 Å². The molecule has 0 spiro atoms. The first-order chi connectivity index (χ1) is 9.90. The Labute approximate surface area is 216 Å². The smallest absolute Gasteiger partial charge is 3.00 e. The largest absolute Gasteiger partial charge is 4.00 e. The Kier molecular flexibility index (Phi) is 357. The number of hydrogen-bond acceptors (Lipinski definition) is 14. The van der Waals surface area contributed by atoms with Gasteiger partial charge >= 0.3 is 220 Å². The molecule has 0 saturated carbocycles. The molecular weight excluding hydrogens is 869 g/mol. The van der Waals surface area contributed by atoms with Crippen LogP contribution in [0.1, 0.15) is 0 Å². The van der Waals surface area contributed by atoms with Gasteiger partial charge in [-0.3, -0.25) is 0 Å². The van der Waals surface area contributed by atoms with Gasteiger partial charge in [-0.25, -0.2) is 0 Å². The molecule has 0 aliphatic rings. The zero-order chi connectivity index (χ0) is 18.9. The van der Waals surface area contributed by atoms with E-state index in [-0.39, 0.29) is 54.4 Å². The molecule has 126 valence electrons. The van der Waals surface area contributed by atoms with E-state index in [0.29, 0.717) is 0 Å². The van der Waals surface area contributed by atoms with Crippen LogP contribution in [0.15, 0.2) is 0 Å². The fourth-order valence-electron chi connectivity index (χ4n) is 0. The number of rotatable bonds is 0. The van der Waals surface area contributed by atoms with Crippen molar-refractivity contribution < 1.29 is 110 Å². The molecule has 0 heterocycles. The van der Waals surface area contributed by atoms with Gasteiger partial charge in [0.05, 0.1) is 0 Å². The van der Waals surface area contributed by atoms with Crippen molar-refractivity contribution in [2.24, 2.45) is 0 Å². The quantitative estimate of drug-likeness (QED) is 0.205. The van der Waals surface area contributed by atoms with Gasteiger partial charge in [-0.05, 0) is 0 Å². The topological polar surface area (TPSA) is 281 Å². The van der Waals surface area contributed by atoms with Crippen LogP contribution in [-0.4, -0.2) is 110 Å². The van der Waals surface area contributed by atoms with Crippen LogP contribution in [0.2, 0.25) is 0 Å². The summed E-state index contributed by atoms with van der Waals surface area (Å²) >= 11 is -15.3. The van der Waals surface area contributed by atoms with Crippen LogP contribution in [0.4, 0.5) is 0 Å². The van der Waals surface area contributed by atoms with Crippen molar-refractivity contribution in [1.29, 1.82) is 0 Å². The first-order valence-corrected chi connectivity index (χ1v) is 17.1. The molecule has 0 unspecified atom stereocenters. The van der Waals surface area contributed by atoms with Gasteiger partial charge < -0.3 is 0 Å². The average Bonchev–Trinajstić information content (AvgIpc) is 2.35. The molecule has 14 nitrogen and oxygen atoms in total. The standard InChI is InChI=1S/7GeHO2.Ti.Y/c7*2-1-3;;/h7*1H;;/q7*-1;+4;+3. The Morgan fingerprint density at radius 3 is 0.348 bits per heavy atom. The second-order valence-electron chi connectivity index (χ2n) is 0.674. The Bertz CT molecular complexity index is 143. The third-order valence-electron chi connectivity index (χ3n) is 0. The van der Waals surface area contributed by atoms with Gasteiger partial charge in [-0.2, -0.15) is 0 Å². The molecule has 0 aromatic heterocycles. The van der Waals surface area contributed by atoms with Crippen molar-refractivity contribution in [2.75, 3.05) is 0 Å². The summed E-state index contributed by atoms with van der Waals surface area (Å²) in [5.41, 5.74) is 0. The molecule has 0 aliphatic heterocycles. The van der Waals surface area contributed by atoms with E-state index in [1.54, 1.807) is 0 Å². The molecule has 0 rings (SSSR count). The van der Waals surface area contributed by atoms with Crippen LogP contribution in [0.5, 0.6) is 0 Å². The number of hydrogen-bond donors (Lipinski definition) is 0. The Morgan fingerprint density at radius 2 is 0.348 bits per heavy atom. The van der Waals surface area contributed by atoms with Crippen LogP contribution < -0.4 is 28.9 Å². The zero-order valence-electron chi connectivity index (χ0n) is 10.8. The van der Waals surface area contributed by atoms with E-state index in [0.717, 1.165) is 0 Å². The van der Waals surface area contributed by atoms with Gasteiger partial charge in [-0.15, -0.1) is 0 Å². The molecule has 23 heteroatoms. The Morgan fingerprint density at radius 1 is 0.348 bits per heavy atom. The maximum Gasteiger partial charge on any atom is 4.00 e. The predicted octanol–water partition coefficient (Wildman–Crippen LogP) is -13.7. The monoisotopic (exact) mass is 885 g/mol. The van der Waals surface area contributed by atoms with Gasteiger partial charge in [0.15, 0.2) is 0 Å². The van der Waals surface area contributed by atoms with Crippen LogP contribution in [0.3, 0.4) is 0 Å². The van der Waals surface area contributed by atoms with Crippen molar-refractivity contribution in [3.05, 3.63) is 0 Å². The summed E-state index contributed by atoms with van der Waals surface area (Å²) in [5.74, 6) is 0. The van der Waals surface area contributed by atoms with Gasteiger partial charge in [-0.1, -0.05) is 0 Å². The molecule has 0 fully saturated rings. The summed E-state index contributed by atoms with van der Waals surface area (Å²) in [6.45, 7) is 0. The third-order valence-corrected chi connectivity index (χ3v) is 0. The SMILES string of the molecule is [O]=[GeH][O-].[O]=[GeH][O-].[O]=[GeH][O-].[O]=[GeH][O-].[O]=[GeH][O-].[O]=[GeH][O-].[O]=[GeH][O-].[Ti+4].[Y+3]. The summed E-state index contributed by atoms with van der Waals surface area (Å²) < 4.78 is 119. The molecule has 0 aromatic carbocycles. The minimum atomic E-state index is -2.19. The second kappa shape index (κ2) is 146. The van der Waals surface area contributed by atoms with E-state index < -0.39 is 110 Å². The minimum Gasteiger partial charge on any atom is 3.00 e. The Hall–Kier alpha value is 2.82. The molecule has 0 radical (unpaired) electrons. The van der Waals surface area contributed by atoms with E-state index in [1.165, 1.54) is 0 Å².